The smallest absolute Gasteiger partial charge is 0.239 e. The van der Waals surface area contributed by atoms with Gasteiger partial charge in [0.15, 0.2) is 11.0 Å². The first-order valence-electron chi connectivity index (χ1n) is 8.11. The minimum Gasteiger partial charge on any atom is -0.338 e. The van der Waals surface area contributed by atoms with Crippen LogP contribution in [0.15, 0.2) is 33.9 Å². The molecule has 6 nitrogen and oxygen atoms in total. The average molecular weight is 341 g/mol. The van der Waals surface area contributed by atoms with Gasteiger partial charge in [-0.2, -0.15) is 4.98 Å². The summed E-state index contributed by atoms with van der Waals surface area (Å²) in [6.45, 7) is 6.11. The summed E-state index contributed by atoms with van der Waals surface area (Å²) in [6.07, 6.45) is 2.34. The van der Waals surface area contributed by atoms with Gasteiger partial charge in [0.1, 0.15) is 5.82 Å². The van der Waals surface area contributed by atoms with Crippen molar-refractivity contribution >= 4 is 11.8 Å². The van der Waals surface area contributed by atoms with E-state index in [1.807, 2.05) is 19.1 Å². The van der Waals surface area contributed by atoms with E-state index < -0.39 is 0 Å². The lowest BCUT2D eigenvalue weighted by Crippen LogP contribution is -2.02. The van der Waals surface area contributed by atoms with E-state index in [4.69, 9.17) is 4.52 Å². The van der Waals surface area contributed by atoms with E-state index in [0.29, 0.717) is 11.8 Å². The predicted molar refractivity (Wildman–Crippen MR) is 91.4 cm³/mol. The maximum atomic E-state index is 5.44. The second kappa shape index (κ2) is 6.05. The first-order chi connectivity index (χ1) is 11.6. The van der Waals surface area contributed by atoms with Gasteiger partial charge in [-0.1, -0.05) is 35.1 Å². The molecule has 1 aliphatic rings. The minimum atomic E-state index is 0.0244. The number of para-hydroxylation sites is 1. The van der Waals surface area contributed by atoms with Crippen LogP contribution < -0.4 is 0 Å². The minimum absolute atomic E-state index is 0.0244. The number of nitrogens with zero attached hydrogens (tertiary/aromatic N) is 5. The average Bonchev–Trinajstić information content (AvgIpc) is 3.19. The lowest BCUT2D eigenvalue weighted by molar-refractivity contribution is 0.374. The maximum absolute atomic E-state index is 5.44. The molecule has 1 atom stereocenters. The molecule has 7 heteroatoms. The monoisotopic (exact) mass is 341 g/mol. The SMILES string of the molecule is Cc1ccccc1-n1c(C)nnc1SC(C)c1nc(C2CC2)no1. The second-order valence-corrected chi connectivity index (χ2v) is 7.48. The molecule has 4 rings (SSSR count). The van der Waals surface area contributed by atoms with Crippen LogP contribution in [0.5, 0.6) is 0 Å². The van der Waals surface area contributed by atoms with Crippen LogP contribution >= 0.6 is 11.8 Å². The molecule has 0 amide bonds. The number of hydrogen-bond donors (Lipinski definition) is 0. The van der Waals surface area contributed by atoms with E-state index in [1.165, 1.54) is 18.4 Å². The van der Waals surface area contributed by atoms with Crippen LogP contribution in [0.4, 0.5) is 0 Å². The Balaban J connectivity index is 1.61. The Morgan fingerprint density at radius 1 is 1.21 bits per heavy atom. The third kappa shape index (κ3) is 2.84. The Kier molecular flexibility index (Phi) is 3.88. The molecule has 0 spiro atoms. The van der Waals surface area contributed by atoms with Crippen LogP contribution in [-0.2, 0) is 0 Å². The van der Waals surface area contributed by atoms with E-state index >= 15 is 0 Å². The maximum Gasteiger partial charge on any atom is 0.239 e. The molecule has 1 fully saturated rings. The van der Waals surface area contributed by atoms with E-state index in [0.717, 1.165) is 22.5 Å². The standard InChI is InChI=1S/C17H19N5OS/c1-10-6-4-5-7-14(10)22-12(3)19-20-17(22)24-11(2)16-18-15(21-23-16)13-8-9-13/h4-7,11,13H,8-9H2,1-3H3. The lowest BCUT2D eigenvalue weighted by Gasteiger charge is -2.12. The van der Waals surface area contributed by atoms with Crippen molar-refractivity contribution in [3.8, 4) is 5.69 Å². The molecular formula is C17H19N5OS. The first-order valence-corrected chi connectivity index (χ1v) is 8.99. The molecule has 0 radical (unpaired) electrons. The van der Waals surface area contributed by atoms with Crippen LogP contribution in [0.3, 0.4) is 0 Å². The Morgan fingerprint density at radius 2 is 2.00 bits per heavy atom. The van der Waals surface area contributed by atoms with E-state index in [2.05, 4.69) is 50.9 Å². The molecule has 124 valence electrons. The molecule has 1 aliphatic carbocycles. The number of rotatable bonds is 5. The molecule has 0 bridgehead atoms. The molecule has 2 heterocycles. The van der Waals surface area contributed by atoms with Crippen LogP contribution in [0.25, 0.3) is 5.69 Å². The van der Waals surface area contributed by atoms with Gasteiger partial charge in [-0.05, 0) is 45.2 Å². The Hall–Kier alpha value is -2.15. The van der Waals surface area contributed by atoms with Gasteiger partial charge in [0.05, 0.1) is 10.9 Å². The van der Waals surface area contributed by atoms with E-state index in [-0.39, 0.29) is 5.25 Å². The van der Waals surface area contributed by atoms with Crippen molar-refractivity contribution < 1.29 is 4.52 Å². The van der Waals surface area contributed by atoms with Crippen LogP contribution in [0.1, 0.15) is 54.0 Å². The summed E-state index contributed by atoms with van der Waals surface area (Å²) in [7, 11) is 0. The Labute approximate surface area is 144 Å². The van der Waals surface area contributed by atoms with Crippen LogP contribution in [0.2, 0.25) is 0 Å². The van der Waals surface area contributed by atoms with Crippen LogP contribution in [-0.4, -0.2) is 24.9 Å². The summed E-state index contributed by atoms with van der Waals surface area (Å²) < 4.78 is 7.51. The fourth-order valence-corrected chi connectivity index (χ4v) is 3.58. The zero-order valence-corrected chi connectivity index (χ0v) is 14.7. The summed E-state index contributed by atoms with van der Waals surface area (Å²) in [6, 6.07) is 8.23. The van der Waals surface area contributed by atoms with E-state index in [9.17, 15) is 0 Å². The van der Waals surface area contributed by atoms with Crippen molar-refractivity contribution in [1.82, 2.24) is 24.9 Å². The molecule has 3 aromatic rings. The second-order valence-electron chi connectivity index (χ2n) is 6.18. The molecule has 2 aromatic heterocycles. The summed E-state index contributed by atoms with van der Waals surface area (Å²) in [5.74, 6) is 2.86. The van der Waals surface area contributed by atoms with Crippen molar-refractivity contribution in [1.29, 1.82) is 0 Å². The third-order valence-corrected chi connectivity index (χ3v) is 5.21. The quantitative estimate of drug-likeness (QED) is 0.653. The largest absolute Gasteiger partial charge is 0.338 e. The first kappa shape index (κ1) is 15.4. The fraction of sp³-hybridized carbons (Fsp3) is 0.412. The van der Waals surface area contributed by atoms with Crippen molar-refractivity contribution in [2.75, 3.05) is 0 Å². The van der Waals surface area contributed by atoms with E-state index in [1.54, 1.807) is 11.8 Å². The predicted octanol–water partition coefficient (Wildman–Crippen LogP) is 4.00. The fourth-order valence-electron chi connectivity index (χ4n) is 2.64. The molecule has 0 N–H and O–H groups in total. The van der Waals surface area contributed by atoms with Crippen molar-refractivity contribution in [2.45, 2.75) is 49.9 Å². The lowest BCUT2D eigenvalue weighted by atomic mass is 10.2. The van der Waals surface area contributed by atoms with Gasteiger partial charge in [-0.25, -0.2) is 0 Å². The molecule has 1 aromatic carbocycles. The Morgan fingerprint density at radius 3 is 2.75 bits per heavy atom. The molecule has 24 heavy (non-hydrogen) atoms. The number of aromatic nitrogens is 5. The zero-order chi connectivity index (χ0) is 16.7. The van der Waals surface area contributed by atoms with Crippen molar-refractivity contribution in [3.63, 3.8) is 0 Å². The molecule has 1 saturated carbocycles. The summed E-state index contributed by atoms with van der Waals surface area (Å²) in [5, 5.41) is 13.5. The molecular weight excluding hydrogens is 322 g/mol. The molecule has 0 saturated heterocycles. The summed E-state index contributed by atoms with van der Waals surface area (Å²) in [5.41, 5.74) is 2.28. The highest BCUT2D eigenvalue weighted by Crippen LogP contribution is 2.40. The van der Waals surface area contributed by atoms with Crippen molar-refractivity contribution in [3.05, 3.63) is 47.4 Å². The molecule has 0 aliphatic heterocycles. The summed E-state index contributed by atoms with van der Waals surface area (Å²) in [4.78, 5) is 4.54. The zero-order valence-electron chi connectivity index (χ0n) is 13.9. The highest BCUT2D eigenvalue weighted by Gasteiger charge is 2.30. The van der Waals surface area contributed by atoms with Gasteiger partial charge in [-0.15, -0.1) is 10.2 Å². The number of hydrogen-bond acceptors (Lipinski definition) is 6. The van der Waals surface area contributed by atoms with Gasteiger partial charge in [-0.3, -0.25) is 4.57 Å². The highest BCUT2D eigenvalue weighted by atomic mass is 32.2. The van der Waals surface area contributed by atoms with Gasteiger partial charge in [0.25, 0.3) is 0 Å². The van der Waals surface area contributed by atoms with Gasteiger partial charge < -0.3 is 4.52 Å². The topological polar surface area (TPSA) is 69.6 Å². The van der Waals surface area contributed by atoms with Crippen LogP contribution in [0, 0.1) is 13.8 Å². The highest BCUT2D eigenvalue weighted by molar-refractivity contribution is 7.99. The van der Waals surface area contributed by atoms with Gasteiger partial charge in [0.2, 0.25) is 5.89 Å². The molecule has 1 unspecified atom stereocenters. The Bertz CT molecular complexity index is 868. The van der Waals surface area contributed by atoms with Crippen molar-refractivity contribution in [2.24, 2.45) is 0 Å². The number of thioether (sulfide) groups is 1. The summed E-state index contributed by atoms with van der Waals surface area (Å²) >= 11 is 1.59. The third-order valence-electron chi connectivity index (χ3n) is 4.18. The normalized spacial score (nSPS) is 15.6. The number of aryl methyl sites for hydroxylation is 2. The number of benzene rings is 1. The van der Waals surface area contributed by atoms with Gasteiger partial charge in [0, 0.05) is 5.92 Å². The van der Waals surface area contributed by atoms with Gasteiger partial charge >= 0.3 is 0 Å².